The van der Waals surface area contributed by atoms with Crippen molar-refractivity contribution >= 4 is 28.0 Å². The van der Waals surface area contributed by atoms with Crippen molar-refractivity contribution < 1.29 is 9.59 Å². The third-order valence-electron chi connectivity index (χ3n) is 3.72. The largest absolute Gasteiger partial charge is 0.361 e. The van der Waals surface area contributed by atoms with E-state index >= 15 is 0 Å². The van der Waals surface area contributed by atoms with Crippen LogP contribution in [0.1, 0.15) is 25.8 Å². The topological polar surface area (TPSA) is 49.9 Å². The van der Waals surface area contributed by atoms with Gasteiger partial charge in [-0.1, -0.05) is 32.0 Å². The summed E-state index contributed by atoms with van der Waals surface area (Å²) < 4.78 is 0. The Kier molecular flexibility index (Phi) is 2.45. The number of hydrogen-bond acceptors (Lipinski definition) is 2. The fraction of sp³-hybridized carbons (Fsp3) is 0.250. The lowest BCUT2D eigenvalue weighted by molar-refractivity contribution is -0.128. The molecule has 1 aromatic carbocycles. The zero-order chi connectivity index (χ0) is 13.6. The second kappa shape index (κ2) is 3.92. The highest BCUT2D eigenvalue weighted by Gasteiger charge is 2.35. The number of carbonyl (C=O) groups is 2. The molecule has 3 nitrogen and oxygen atoms in total. The van der Waals surface area contributed by atoms with E-state index in [0.717, 1.165) is 16.5 Å². The first-order valence-corrected chi connectivity index (χ1v) is 6.35. The molecular formula is C16H15NO2. The number of H-pyrrole nitrogens is 1. The lowest BCUT2D eigenvalue weighted by Crippen LogP contribution is -2.30. The number of carbonyl (C=O) groups excluding carboxylic acids is 2. The van der Waals surface area contributed by atoms with Crippen LogP contribution < -0.4 is 0 Å². The molecule has 0 amide bonds. The molecule has 1 heterocycles. The van der Waals surface area contributed by atoms with E-state index in [1.54, 1.807) is 6.20 Å². The SMILES string of the molecule is CC1(C)CC(=O)C(c2c[nH]c3ccccc23)=CC1=O. The van der Waals surface area contributed by atoms with Crippen LogP contribution >= 0.6 is 0 Å². The molecule has 0 radical (unpaired) electrons. The second-order valence-electron chi connectivity index (χ2n) is 5.65. The maximum absolute atomic E-state index is 12.3. The number of ketones is 2. The van der Waals surface area contributed by atoms with E-state index in [1.807, 2.05) is 38.1 Å². The molecule has 1 aliphatic rings. The van der Waals surface area contributed by atoms with Crippen LogP contribution in [0.5, 0.6) is 0 Å². The van der Waals surface area contributed by atoms with E-state index in [1.165, 1.54) is 6.08 Å². The van der Waals surface area contributed by atoms with Gasteiger partial charge in [-0.15, -0.1) is 0 Å². The van der Waals surface area contributed by atoms with E-state index in [0.29, 0.717) is 5.57 Å². The van der Waals surface area contributed by atoms with Gasteiger partial charge < -0.3 is 4.98 Å². The first kappa shape index (κ1) is 11.9. The van der Waals surface area contributed by atoms with Crippen molar-refractivity contribution in [3.05, 3.63) is 42.1 Å². The molecule has 3 rings (SSSR count). The van der Waals surface area contributed by atoms with E-state index in [2.05, 4.69) is 4.98 Å². The summed E-state index contributed by atoms with van der Waals surface area (Å²) in [5.41, 5.74) is 1.75. The van der Waals surface area contributed by atoms with Crippen LogP contribution in [0, 0.1) is 5.41 Å². The Labute approximate surface area is 111 Å². The Morgan fingerprint density at radius 1 is 1.16 bits per heavy atom. The van der Waals surface area contributed by atoms with Crippen LogP contribution in [-0.4, -0.2) is 16.6 Å². The molecule has 0 atom stereocenters. The summed E-state index contributed by atoms with van der Waals surface area (Å²) in [7, 11) is 0. The van der Waals surface area contributed by atoms with Gasteiger partial charge in [-0.25, -0.2) is 0 Å². The van der Waals surface area contributed by atoms with Crippen LogP contribution in [0.4, 0.5) is 0 Å². The predicted molar refractivity (Wildman–Crippen MR) is 74.7 cm³/mol. The van der Waals surface area contributed by atoms with Crippen molar-refractivity contribution in [2.75, 3.05) is 0 Å². The standard InChI is InChI=1S/C16H15NO2/c1-16(2)8-14(18)11(7-15(16)19)12-9-17-13-6-4-3-5-10(12)13/h3-7,9,17H,8H2,1-2H3. The first-order valence-electron chi connectivity index (χ1n) is 6.35. The number of nitrogens with one attached hydrogen (secondary N) is 1. The van der Waals surface area contributed by atoms with Crippen molar-refractivity contribution in [3.8, 4) is 0 Å². The van der Waals surface area contributed by atoms with Gasteiger partial charge in [0.25, 0.3) is 0 Å². The molecule has 19 heavy (non-hydrogen) atoms. The molecular weight excluding hydrogens is 238 g/mol. The van der Waals surface area contributed by atoms with E-state index < -0.39 is 5.41 Å². The van der Waals surface area contributed by atoms with Gasteiger partial charge in [0.1, 0.15) is 0 Å². The lowest BCUT2D eigenvalue weighted by atomic mass is 9.75. The molecule has 96 valence electrons. The number of benzene rings is 1. The third kappa shape index (κ3) is 1.82. The normalized spacial score (nSPS) is 18.7. The Bertz CT molecular complexity index is 719. The second-order valence-corrected chi connectivity index (χ2v) is 5.65. The molecule has 0 fully saturated rings. The highest BCUT2D eigenvalue weighted by atomic mass is 16.1. The average molecular weight is 253 g/mol. The van der Waals surface area contributed by atoms with E-state index in [9.17, 15) is 9.59 Å². The number of fused-ring (bicyclic) bond motifs is 1. The first-order chi connectivity index (χ1) is 8.99. The summed E-state index contributed by atoms with van der Waals surface area (Å²) in [5, 5.41) is 0.981. The summed E-state index contributed by atoms with van der Waals surface area (Å²) in [6, 6.07) is 7.78. The van der Waals surface area contributed by atoms with E-state index in [4.69, 9.17) is 0 Å². The molecule has 0 spiro atoms. The summed E-state index contributed by atoms with van der Waals surface area (Å²) in [6.07, 6.45) is 3.58. The maximum atomic E-state index is 12.3. The molecule has 2 aromatic rings. The third-order valence-corrected chi connectivity index (χ3v) is 3.72. The van der Waals surface area contributed by atoms with E-state index in [-0.39, 0.29) is 18.0 Å². The molecule has 1 N–H and O–H groups in total. The molecule has 1 aliphatic carbocycles. The average Bonchev–Trinajstić information content (AvgIpc) is 2.77. The van der Waals surface area contributed by atoms with Crippen molar-refractivity contribution in [1.82, 2.24) is 4.98 Å². The van der Waals surface area contributed by atoms with Gasteiger partial charge in [0.2, 0.25) is 0 Å². The summed E-state index contributed by atoms with van der Waals surface area (Å²) in [4.78, 5) is 27.5. The van der Waals surface area contributed by atoms with Crippen molar-refractivity contribution in [2.45, 2.75) is 20.3 Å². The van der Waals surface area contributed by atoms with Crippen molar-refractivity contribution in [1.29, 1.82) is 0 Å². The van der Waals surface area contributed by atoms with Crippen LogP contribution in [0.25, 0.3) is 16.5 Å². The van der Waals surface area contributed by atoms with Gasteiger partial charge in [0, 0.05) is 40.1 Å². The van der Waals surface area contributed by atoms with Gasteiger partial charge >= 0.3 is 0 Å². The Balaban J connectivity index is 2.17. The molecule has 0 bridgehead atoms. The highest BCUT2D eigenvalue weighted by Crippen LogP contribution is 2.35. The van der Waals surface area contributed by atoms with Crippen LogP contribution in [0.3, 0.4) is 0 Å². The fourth-order valence-corrected chi connectivity index (χ4v) is 2.51. The summed E-state index contributed by atoms with van der Waals surface area (Å²) in [6.45, 7) is 3.63. The minimum Gasteiger partial charge on any atom is -0.361 e. The number of para-hydroxylation sites is 1. The van der Waals surface area contributed by atoms with Gasteiger partial charge in [0.15, 0.2) is 11.6 Å². The molecule has 0 saturated carbocycles. The minimum atomic E-state index is -0.577. The highest BCUT2D eigenvalue weighted by molar-refractivity contribution is 6.30. The Hall–Kier alpha value is -2.16. The zero-order valence-corrected chi connectivity index (χ0v) is 11.0. The monoisotopic (exact) mass is 253 g/mol. The number of aromatic amines is 1. The Morgan fingerprint density at radius 2 is 1.89 bits per heavy atom. The maximum Gasteiger partial charge on any atom is 0.164 e. The number of aromatic nitrogens is 1. The smallest absolute Gasteiger partial charge is 0.164 e. The van der Waals surface area contributed by atoms with Gasteiger partial charge in [-0.3, -0.25) is 9.59 Å². The Morgan fingerprint density at radius 3 is 2.68 bits per heavy atom. The minimum absolute atomic E-state index is 0.0207. The van der Waals surface area contributed by atoms with Gasteiger partial charge in [-0.2, -0.15) is 0 Å². The van der Waals surface area contributed by atoms with Crippen LogP contribution in [0.2, 0.25) is 0 Å². The predicted octanol–water partition coefficient (Wildman–Crippen LogP) is 3.12. The molecule has 0 saturated heterocycles. The van der Waals surface area contributed by atoms with Gasteiger partial charge in [-0.05, 0) is 12.1 Å². The molecule has 3 heteroatoms. The fourth-order valence-electron chi connectivity index (χ4n) is 2.51. The number of allylic oxidation sites excluding steroid dienone is 2. The quantitative estimate of drug-likeness (QED) is 0.848. The number of hydrogen-bond donors (Lipinski definition) is 1. The number of Topliss-reactive ketones (excluding diaryl/α,β-unsaturated/α-hetero) is 1. The summed E-state index contributed by atoms with van der Waals surface area (Å²) >= 11 is 0. The lowest BCUT2D eigenvalue weighted by Gasteiger charge is -2.25. The van der Waals surface area contributed by atoms with Crippen molar-refractivity contribution in [3.63, 3.8) is 0 Å². The van der Waals surface area contributed by atoms with Crippen LogP contribution in [-0.2, 0) is 9.59 Å². The van der Waals surface area contributed by atoms with Gasteiger partial charge in [0.05, 0.1) is 0 Å². The molecule has 1 aromatic heterocycles. The molecule has 0 aliphatic heterocycles. The molecule has 0 unspecified atom stereocenters. The van der Waals surface area contributed by atoms with Crippen LogP contribution in [0.15, 0.2) is 36.5 Å². The number of rotatable bonds is 1. The summed E-state index contributed by atoms with van der Waals surface area (Å²) in [5.74, 6) is 0.0572. The van der Waals surface area contributed by atoms with Crippen molar-refractivity contribution in [2.24, 2.45) is 5.41 Å². The zero-order valence-electron chi connectivity index (χ0n) is 11.0.